The van der Waals surface area contributed by atoms with Gasteiger partial charge < -0.3 is 5.73 Å². The summed E-state index contributed by atoms with van der Waals surface area (Å²) in [6.07, 6.45) is 9.85. The van der Waals surface area contributed by atoms with E-state index in [0.717, 1.165) is 45.3 Å². The van der Waals surface area contributed by atoms with E-state index < -0.39 is 0 Å². The zero-order valence-electron chi connectivity index (χ0n) is 12.7. The number of hydrogen-bond donors (Lipinski definition) is 1. The van der Waals surface area contributed by atoms with Crippen molar-refractivity contribution in [2.24, 2.45) is 11.7 Å². The Kier molecular flexibility index (Phi) is 6.48. The van der Waals surface area contributed by atoms with Crippen LogP contribution in [0.2, 0.25) is 0 Å². The van der Waals surface area contributed by atoms with E-state index in [1.54, 1.807) is 0 Å². The number of nitrogens with zero attached hydrogens (tertiary/aromatic N) is 1. The first-order valence-electron chi connectivity index (χ1n) is 7.96. The van der Waals surface area contributed by atoms with E-state index in [2.05, 4.69) is 47.4 Å². The number of aryl methyl sites for hydroxylation is 1. The van der Waals surface area contributed by atoms with Crippen LogP contribution in [-0.2, 0) is 11.2 Å². The molecule has 1 amide bonds. The van der Waals surface area contributed by atoms with E-state index in [9.17, 15) is 4.79 Å². The van der Waals surface area contributed by atoms with E-state index in [1.807, 2.05) is 0 Å². The SMILES string of the molecule is NC(=O)C1CCN(C/C=C/CCCc2ccccc2)CC1. The molecule has 1 aliphatic heterocycles. The minimum absolute atomic E-state index is 0.0936. The number of benzene rings is 1. The lowest BCUT2D eigenvalue weighted by molar-refractivity contribution is -0.123. The number of likely N-dealkylation sites (tertiary alicyclic amines) is 1. The molecule has 1 fully saturated rings. The van der Waals surface area contributed by atoms with Gasteiger partial charge in [0.15, 0.2) is 0 Å². The summed E-state index contributed by atoms with van der Waals surface area (Å²) in [5.74, 6) is -0.0396. The molecule has 1 aromatic rings. The number of unbranched alkanes of at least 4 members (excludes halogenated alkanes) is 1. The van der Waals surface area contributed by atoms with Crippen LogP contribution in [0.1, 0.15) is 31.2 Å². The lowest BCUT2D eigenvalue weighted by atomic mass is 9.96. The number of carbonyl (C=O) groups excluding carboxylic acids is 1. The molecule has 1 heterocycles. The number of amides is 1. The highest BCUT2D eigenvalue weighted by Crippen LogP contribution is 2.16. The number of hydrogen-bond acceptors (Lipinski definition) is 2. The molecule has 0 spiro atoms. The van der Waals surface area contributed by atoms with Gasteiger partial charge in [-0.2, -0.15) is 0 Å². The van der Waals surface area contributed by atoms with Gasteiger partial charge in [-0.05, 0) is 50.8 Å². The number of primary amides is 1. The second-order valence-electron chi connectivity index (χ2n) is 5.83. The maximum atomic E-state index is 11.1. The van der Waals surface area contributed by atoms with E-state index in [1.165, 1.54) is 12.0 Å². The Balaban J connectivity index is 1.56. The molecule has 0 saturated carbocycles. The van der Waals surface area contributed by atoms with Crippen molar-refractivity contribution >= 4 is 5.91 Å². The van der Waals surface area contributed by atoms with Gasteiger partial charge in [-0.15, -0.1) is 0 Å². The largest absolute Gasteiger partial charge is 0.369 e. The first-order chi connectivity index (χ1) is 10.3. The minimum atomic E-state index is -0.133. The molecule has 1 aliphatic rings. The van der Waals surface area contributed by atoms with E-state index in [4.69, 9.17) is 5.73 Å². The van der Waals surface area contributed by atoms with Crippen LogP contribution >= 0.6 is 0 Å². The smallest absolute Gasteiger partial charge is 0.220 e. The van der Waals surface area contributed by atoms with Gasteiger partial charge in [0, 0.05) is 12.5 Å². The van der Waals surface area contributed by atoms with Gasteiger partial charge in [0.25, 0.3) is 0 Å². The fraction of sp³-hybridized carbons (Fsp3) is 0.500. The summed E-state index contributed by atoms with van der Waals surface area (Å²) in [6, 6.07) is 10.6. The van der Waals surface area contributed by atoms with Crippen LogP contribution in [0.25, 0.3) is 0 Å². The summed E-state index contributed by atoms with van der Waals surface area (Å²) in [7, 11) is 0. The minimum Gasteiger partial charge on any atom is -0.369 e. The van der Waals surface area contributed by atoms with Gasteiger partial charge in [0.1, 0.15) is 0 Å². The third-order valence-electron chi connectivity index (χ3n) is 4.20. The highest BCUT2D eigenvalue weighted by molar-refractivity contribution is 5.76. The van der Waals surface area contributed by atoms with Crippen LogP contribution in [0.3, 0.4) is 0 Å². The average Bonchev–Trinajstić information content (AvgIpc) is 2.52. The van der Waals surface area contributed by atoms with Crippen molar-refractivity contribution < 1.29 is 4.79 Å². The number of carbonyl (C=O) groups is 1. The molecule has 0 aliphatic carbocycles. The third kappa shape index (κ3) is 5.72. The molecule has 3 heteroatoms. The molecule has 0 unspecified atom stereocenters. The summed E-state index contributed by atoms with van der Waals surface area (Å²) >= 11 is 0. The lowest BCUT2D eigenvalue weighted by Gasteiger charge is -2.29. The Labute approximate surface area is 127 Å². The summed E-state index contributed by atoms with van der Waals surface area (Å²) in [4.78, 5) is 13.5. The normalized spacial score (nSPS) is 17.3. The monoisotopic (exact) mass is 286 g/mol. The van der Waals surface area contributed by atoms with Crippen LogP contribution in [-0.4, -0.2) is 30.4 Å². The molecule has 1 aromatic carbocycles. The Morgan fingerprint density at radius 1 is 1.19 bits per heavy atom. The molecule has 2 N–H and O–H groups in total. The summed E-state index contributed by atoms with van der Waals surface area (Å²) < 4.78 is 0. The Morgan fingerprint density at radius 3 is 2.57 bits per heavy atom. The van der Waals surface area contributed by atoms with Crippen molar-refractivity contribution in [3.63, 3.8) is 0 Å². The standard InChI is InChI=1S/C18H26N2O/c19-18(21)17-11-14-20(15-12-17)13-7-2-1-4-8-16-9-5-3-6-10-16/h2-3,5-7,9-10,17H,1,4,8,11-15H2,(H2,19,21)/b7-2+. The van der Waals surface area contributed by atoms with Crippen LogP contribution < -0.4 is 5.73 Å². The van der Waals surface area contributed by atoms with Crippen LogP contribution in [0.15, 0.2) is 42.5 Å². The third-order valence-corrected chi connectivity index (χ3v) is 4.20. The topological polar surface area (TPSA) is 46.3 Å². The van der Waals surface area contributed by atoms with Crippen molar-refractivity contribution in [3.05, 3.63) is 48.0 Å². The molecule has 21 heavy (non-hydrogen) atoms. The first kappa shape index (κ1) is 15.8. The van der Waals surface area contributed by atoms with Crippen molar-refractivity contribution in [2.45, 2.75) is 32.1 Å². The van der Waals surface area contributed by atoms with E-state index >= 15 is 0 Å². The number of piperidine rings is 1. The predicted molar refractivity (Wildman–Crippen MR) is 86.9 cm³/mol. The van der Waals surface area contributed by atoms with Crippen LogP contribution in [0, 0.1) is 5.92 Å². The van der Waals surface area contributed by atoms with Crippen molar-refractivity contribution in [3.8, 4) is 0 Å². The predicted octanol–water partition coefficient (Wildman–Crippen LogP) is 2.76. The van der Waals surface area contributed by atoms with E-state index in [-0.39, 0.29) is 11.8 Å². The summed E-state index contributed by atoms with van der Waals surface area (Å²) in [5.41, 5.74) is 6.76. The summed E-state index contributed by atoms with van der Waals surface area (Å²) in [5, 5.41) is 0. The average molecular weight is 286 g/mol. The molecule has 3 nitrogen and oxygen atoms in total. The fourth-order valence-corrected chi connectivity index (χ4v) is 2.81. The van der Waals surface area contributed by atoms with Crippen molar-refractivity contribution in [1.29, 1.82) is 0 Å². The molecular weight excluding hydrogens is 260 g/mol. The zero-order chi connectivity index (χ0) is 14.9. The van der Waals surface area contributed by atoms with Gasteiger partial charge >= 0.3 is 0 Å². The van der Waals surface area contributed by atoms with Gasteiger partial charge in [0.05, 0.1) is 0 Å². The molecule has 1 saturated heterocycles. The maximum Gasteiger partial charge on any atom is 0.220 e. The second-order valence-corrected chi connectivity index (χ2v) is 5.83. The maximum absolute atomic E-state index is 11.1. The highest BCUT2D eigenvalue weighted by atomic mass is 16.1. The number of allylic oxidation sites excluding steroid dienone is 1. The molecule has 0 aromatic heterocycles. The molecule has 114 valence electrons. The second kappa shape index (κ2) is 8.63. The Bertz CT molecular complexity index is 448. The Hall–Kier alpha value is -1.61. The van der Waals surface area contributed by atoms with Gasteiger partial charge in [-0.3, -0.25) is 9.69 Å². The van der Waals surface area contributed by atoms with Crippen LogP contribution in [0.4, 0.5) is 0 Å². The molecular formula is C18H26N2O. The first-order valence-corrected chi connectivity index (χ1v) is 7.96. The number of nitrogens with two attached hydrogens (primary N) is 1. The zero-order valence-corrected chi connectivity index (χ0v) is 12.7. The number of rotatable bonds is 7. The molecule has 0 bridgehead atoms. The van der Waals surface area contributed by atoms with Crippen LogP contribution in [0.5, 0.6) is 0 Å². The highest BCUT2D eigenvalue weighted by Gasteiger charge is 2.21. The fourth-order valence-electron chi connectivity index (χ4n) is 2.81. The lowest BCUT2D eigenvalue weighted by Crippen LogP contribution is -2.38. The molecule has 2 rings (SSSR count). The van der Waals surface area contributed by atoms with Gasteiger partial charge in [-0.1, -0.05) is 42.5 Å². The van der Waals surface area contributed by atoms with Crippen molar-refractivity contribution in [2.75, 3.05) is 19.6 Å². The van der Waals surface area contributed by atoms with Crippen molar-refractivity contribution in [1.82, 2.24) is 4.90 Å². The van der Waals surface area contributed by atoms with E-state index in [0.29, 0.717) is 0 Å². The van der Waals surface area contributed by atoms with Gasteiger partial charge in [-0.25, -0.2) is 0 Å². The van der Waals surface area contributed by atoms with Gasteiger partial charge in [0.2, 0.25) is 5.91 Å². The molecule has 0 radical (unpaired) electrons. The molecule has 0 atom stereocenters. The quantitative estimate of drug-likeness (QED) is 0.619. The summed E-state index contributed by atoms with van der Waals surface area (Å²) in [6.45, 7) is 2.97. The Morgan fingerprint density at radius 2 is 1.90 bits per heavy atom.